The van der Waals surface area contributed by atoms with Gasteiger partial charge in [0.2, 0.25) is 10.6 Å². The van der Waals surface area contributed by atoms with E-state index < -0.39 is 75.9 Å². The van der Waals surface area contributed by atoms with Crippen molar-refractivity contribution in [3.8, 4) is 0 Å². The van der Waals surface area contributed by atoms with E-state index in [0.717, 1.165) is 0 Å². The standard InChI is InChI=1S/C24H20Cl6N4O10P2S2/c25-7-1-11-13(3-9(7)27)33(23(29)31-11)21-19-17(35)15(41-21)5-39-46(38,48)44-20-18(36)16(6-40-45(37,47)43-19)42-22(20)34-14-4-10(28)8(26)2-12(14)32-24(34)30/h1-4,15-22,35-36H,5-6H2,(H,37,47)(H,38,48)/t15-,16-,17?,18?,19?,20?,21-,22-,45?,46?/m1/s1. The zero-order chi connectivity index (χ0) is 34.4. The summed E-state index contributed by atoms with van der Waals surface area (Å²) in [5, 5.41) is 23.1. The molecule has 0 aliphatic carbocycles. The number of ether oxygens (including phenoxy) is 2. The molecule has 4 bridgehead atoms. The molecule has 7 rings (SSSR count). The van der Waals surface area contributed by atoms with E-state index in [1.54, 1.807) is 0 Å². The molecule has 0 saturated carbocycles. The maximum Gasteiger partial charge on any atom is 0.386 e. The number of aromatic nitrogens is 4. The van der Waals surface area contributed by atoms with Gasteiger partial charge in [-0.15, -0.1) is 0 Å². The minimum atomic E-state index is -4.39. The van der Waals surface area contributed by atoms with Crippen molar-refractivity contribution >= 4 is 130 Å². The predicted molar refractivity (Wildman–Crippen MR) is 184 cm³/mol. The molecule has 10 atom stereocenters. The molecule has 0 amide bonds. The Bertz CT molecular complexity index is 1900. The van der Waals surface area contributed by atoms with Crippen LogP contribution in [-0.4, -0.2) is 79.2 Å². The maximum atomic E-state index is 13.6. The van der Waals surface area contributed by atoms with Crippen molar-refractivity contribution in [2.24, 2.45) is 0 Å². The molecule has 2 N–H and O–H groups in total. The molecule has 2 aromatic heterocycles. The Hall–Kier alpha value is -0.0400. The van der Waals surface area contributed by atoms with Gasteiger partial charge < -0.3 is 19.7 Å². The molecule has 48 heavy (non-hydrogen) atoms. The summed E-state index contributed by atoms with van der Waals surface area (Å²) in [7, 11) is 0. The summed E-state index contributed by atoms with van der Waals surface area (Å²) >= 11 is 46.0. The molecular formula is C24H20Cl6N4O10P2S2. The van der Waals surface area contributed by atoms with Crippen LogP contribution in [0.15, 0.2) is 24.3 Å². The number of halogens is 6. The fourth-order valence-corrected chi connectivity index (χ4v) is 9.77. The van der Waals surface area contributed by atoms with Crippen LogP contribution < -0.4 is 0 Å². The van der Waals surface area contributed by atoms with Crippen molar-refractivity contribution in [2.45, 2.75) is 49.1 Å². The average Bonchev–Trinajstić information content (AvgIpc) is 3.67. The molecule has 0 spiro atoms. The first-order valence-corrected chi connectivity index (χ1v) is 21.2. The summed E-state index contributed by atoms with van der Waals surface area (Å²) in [5.41, 5.74) is 1.30. The van der Waals surface area contributed by atoms with Crippen LogP contribution in [0.3, 0.4) is 0 Å². The quantitative estimate of drug-likeness (QED) is 0.117. The van der Waals surface area contributed by atoms with Gasteiger partial charge in [-0.25, -0.2) is 19.1 Å². The third kappa shape index (κ3) is 6.68. The van der Waals surface area contributed by atoms with Gasteiger partial charge in [0.25, 0.3) is 0 Å². The molecule has 3 fully saturated rings. The molecule has 4 aromatic rings. The van der Waals surface area contributed by atoms with Crippen molar-refractivity contribution in [3.63, 3.8) is 0 Å². The second kappa shape index (κ2) is 13.4. The summed E-state index contributed by atoms with van der Waals surface area (Å²) in [6.07, 6.45) is -11.4. The summed E-state index contributed by atoms with van der Waals surface area (Å²) < 4.78 is 64.7. The number of benzene rings is 2. The Balaban J connectivity index is 1.24. The number of imidazole rings is 2. The SMILES string of the molecule is O=P1(S)OC[C@H]2O[C@@H](n3c(Cl)nc4cc(Cl)c(Cl)cc43)C(OP(=O)(S)OC[C@H]3O[C@@H](n4c(Cl)nc5cc(Cl)c(Cl)cc54)C(O1)C3O)C2O. The van der Waals surface area contributed by atoms with Crippen LogP contribution in [0.25, 0.3) is 22.1 Å². The van der Waals surface area contributed by atoms with E-state index in [1.807, 2.05) is 0 Å². The molecule has 2 aromatic carbocycles. The molecule has 0 radical (unpaired) electrons. The molecule has 24 heteroatoms. The van der Waals surface area contributed by atoms with E-state index in [-0.39, 0.29) is 30.7 Å². The first-order chi connectivity index (χ1) is 22.5. The smallest absolute Gasteiger partial charge is 0.386 e. The topological polar surface area (TPSA) is 166 Å². The third-order valence-electron chi connectivity index (χ3n) is 7.83. The van der Waals surface area contributed by atoms with Gasteiger partial charge in [-0.3, -0.25) is 27.2 Å². The molecule has 3 aliphatic rings. The largest absolute Gasteiger partial charge is 0.387 e. The van der Waals surface area contributed by atoms with E-state index in [1.165, 1.54) is 33.4 Å². The normalized spacial score (nSPS) is 36.2. The molecule has 14 nitrogen and oxygen atoms in total. The van der Waals surface area contributed by atoms with Crippen LogP contribution in [0, 0.1) is 0 Å². The Morgan fingerprint density at radius 3 is 1.40 bits per heavy atom. The highest BCUT2D eigenvalue weighted by Gasteiger charge is 2.53. The Morgan fingerprint density at radius 2 is 1.02 bits per heavy atom. The van der Waals surface area contributed by atoms with Gasteiger partial charge in [0.15, 0.2) is 12.5 Å². The highest BCUT2D eigenvalue weighted by atomic mass is 35.5. The first-order valence-electron chi connectivity index (χ1n) is 13.6. The van der Waals surface area contributed by atoms with Crippen molar-refractivity contribution in [1.82, 2.24) is 19.1 Å². The van der Waals surface area contributed by atoms with Crippen molar-refractivity contribution < 1.29 is 46.9 Å². The van der Waals surface area contributed by atoms with Gasteiger partial charge in [-0.05, 0) is 47.5 Å². The average molecular weight is 863 g/mol. The first kappa shape index (κ1) is 36.3. The van der Waals surface area contributed by atoms with E-state index in [2.05, 4.69) is 34.5 Å². The highest BCUT2D eigenvalue weighted by molar-refractivity contribution is 8.44. The number of nitrogens with zero attached hydrogens (tertiary/aromatic N) is 4. The van der Waals surface area contributed by atoms with Gasteiger partial charge >= 0.3 is 13.6 Å². The molecular weight excluding hydrogens is 843 g/mol. The molecule has 3 aliphatic heterocycles. The fraction of sp³-hybridized carbons (Fsp3) is 0.417. The zero-order valence-corrected chi connectivity index (χ0v) is 31.5. The third-order valence-corrected chi connectivity index (χ3v) is 13.0. The van der Waals surface area contributed by atoms with Gasteiger partial charge in [-0.2, -0.15) is 0 Å². The number of aliphatic hydroxyl groups excluding tert-OH is 2. The predicted octanol–water partition coefficient (Wildman–Crippen LogP) is 7.42. The van der Waals surface area contributed by atoms with Crippen LogP contribution in [0.4, 0.5) is 0 Å². The van der Waals surface area contributed by atoms with Crippen LogP contribution in [0.2, 0.25) is 30.7 Å². The van der Waals surface area contributed by atoms with Gasteiger partial charge in [0, 0.05) is 0 Å². The monoisotopic (exact) mass is 860 g/mol. The van der Waals surface area contributed by atoms with Gasteiger partial charge in [0.1, 0.15) is 36.6 Å². The Labute approximate surface area is 311 Å². The fourth-order valence-electron chi connectivity index (χ4n) is 5.66. The van der Waals surface area contributed by atoms with E-state index >= 15 is 0 Å². The number of hydrogen-bond acceptors (Lipinski definition) is 12. The maximum absolute atomic E-state index is 13.6. The molecule has 5 heterocycles. The zero-order valence-electron chi connectivity index (χ0n) is 23.3. The number of rotatable bonds is 2. The lowest BCUT2D eigenvalue weighted by molar-refractivity contribution is -0.0581. The Kier molecular flexibility index (Phi) is 10.2. The van der Waals surface area contributed by atoms with Crippen molar-refractivity contribution in [1.29, 1.82) is 0 Å². The van der Waals surface area contributed by atoms with Crippen LogP contribution in [0.1, 0.15) is 12.5 Å². The number of hydrogen-bond donors (Lipinski definition) is 4. The lowest BCUT2D eigenvalue weighted by atomic mass is 10.1. The second-order valence-electron chi connectivity index (χ2n) is 10.8. The number of thiol groups is 2. The van der Waals surface area contributed by atoms with E-state index in [0.29, 0.717) is 22.1 Å². The number of fused-ring (bicyclic) bond motifs is 6. The van der Waals surface area contributed by atoms with Crippen LogP contribution >= 0.6 is 108 Å². The summed E-state index contributed by atoms with van der Waals surface area (Å²) in [6, 6.07) is 5.87. The second-order valence-corrected chi connectivity index (χ2v) is 18.8. The minimum absolute atomic E-state index is 0.124. The molecule has 260 valence electrons. The minimum Gasteiger partial charge on any atom is -0.387 e. The highest BCUT2D eigenvalue weighted by Crippen LogP contribution is 2.60. The molecule has 3 saturated heterocycles. The van der Waals surface area contributed by atoms with E-state index in [4.69, 9.17) is 97.2 Å². The molecule has 6 unspecified atom stereocenters. The Morgan fingerprint density at radius 1 is 0.667 bits per heavy atom. The van der Waals surface area contributed by atoms with Crippen LogP contribution in [-0.2, 0) is 36.7 Å². The summed E-state index contributed by atoms with van der Waals surface area (Å²) in [6.45, 7) is -9.99. The lowest BCUT2D eigenvalue weighted by Gasteiger charge is -2.27. The van der Waals surface area contributed by atoms with Gasteiger partial charge in [0.05, 0.1) is 55.4 Å². The number of aliphatic hydroxyl groups is 2. The van der Waals surface area contributed by atoms with E-state index in [9.17, 15) is 19.3 Å². The lowest BCUT2D eigenvalue weighted by Crippen LogP contribution is -2.37. The van der Waals surface area contributed by atoms with Crippen molar-refractivity contribution in [2.75, 3.05) is 13.2 Å². The van der Waals surface area contributed by atoms with Gasteiger partial charge in [-0.1, -0.05) is 70.9 Å². The summed E-state index contributed by atoms with van der Waals surface area (Å²) in [5.74, 6) is 0. The van der Waals surface area contributed by atoms with Crippen LogP contribution in [0.5, 0.6) is 0 Å². The van der Waals surface area contributed by atoms with Crippen molar-refractivity contribution in [3.05, 3.63) is 54.9 Å². The summed E-state index contributed by atoms with van der Waals surface area (Å²) in [4.78, 5) is 8.52.